The van der Waals surface area contributed by atoms with Crippen LogP contribution < -0.4 is 10.6 Å². The molecule has 0 bridgehead atoms. The van der Waals surface area contributed by atoms with Crippen LogP contribution in [0.25, 0.3) is 11.4 Å². The molecular weight excluding hydrogens is 302 g/mol. The van der Waals surface area contributed by atoms with E-state index in [9.17, 15) is 0 Å². The van der Waals surface area contributed by atoms with E-state index in [1.165, 1.54) is 0 Å². The minimum atomic E-state index is -0.0782. The molecule has 0 amide bonds. The Bertz CT molecular complexity index is 643. The highest BCUT2D eigenvalue weighted by Crippen LogP contribution is 2.18. The van der Waals surface area contributed by atoms with Gasteiger partial charge in [-0.3, -0.25) is 4.99 Å². The number of halogens is 1. The number of aliphatic imine (C=N–C) groups is 1. The summed E-state index contributed by atoms with van der Waals surface area (Å²) in [4.78, 5) is 8.50. The van der Waals surface area contributed by atoms with Gasteiger partial charge in [0.05, 0.1) is 6.54 Å². The van der Waals surface area contributed by atoms with Gasteiger partial charge in [-0.2, -0.15) is 4.98 Å². The SMILES string of the molecule is CN=C(NCc1nc(-c2ccc(Cl)cc2)no1)NC(C)(C)C. The van der Waals surface area contributed by atoms with E-state index in [-0.39, 0.29) is 5.54 Å². The highest BCUT2D eigenvalue weighted by Gasteiger charge is 2.13. The predicted octanol–water partition coefficient (Wildman–Crippen LogP) is 2.85. The van der Waals surface area contributed by atoms with Gasteiger partial charge in [0.15, 0.2) is 5.96 Å². The number of aromatic nitrogens is 2. The van der Waals surface area contributed by atoms with Crippen molar-refractivity contribution in [1.29, 1.82) is 0 Å². The first-order chi connectivity index (χ1) is 10.4. The van der Waals surface area contributed by atoms with Gasteiger partial charge in [-0.25, -0.2) is 0 Å². The average molecular weight is 322 g/mol. The molecule has 2 N–H and O–H groups in total. The molecule has 0 atom stereocenters. The third kappa shape index (κ3) is 4.73. The van der Waals surface area contributed by atoms with Crippen LogP contribution in [-0.4, -0.2) is 28.7 Å². The fourth-order valence-electron chi connectivity index (χ4n) is 1.74. The predicted molar refractivity (Wildman–Crippen MR) is 87.8 cm³/mol. The van der Waals surface area contributed by atoms with E-state index in [0.29, 0.717) is 29.2 Å². The monoisotopic (exact) mass is 321 g/mol. The minimum absolute atomic E-state index is 0.0782. The molecule has 0 saturated carbocycles. The van der Waals surface area contributed by atoms with Crippen molar-refractivity contribution in [2.75, 3.05) is 7.05 Å². The van der Waals surface area contributed by atoms with Gasteiger partial charge in [0.1, 0.15) is 0 Å². The highest BCUT2D eigenvalue weighted by atomic mass is 35.5. The maximum Gasteiger partial charge on any atom is 0.246 e. The zero-order chi connectivity index (χ0) is 16.2. The van der Waals surface area contributed by atoms with Crippen LogP contribution in [0.3, 0.4) is 0 Å². The van der Waals surface area contributed by atoms with Crippen molar-refractivity contribution >= 4 is 17.6 Å². The normalized spacial score (nSPS) is 12.3. The van der Waals surface area contributed by atoms with Gasteiger partial charge in [0.2, 0.25) is 11.7 Å². The van der Waals surface area contributed by atoms with Crippen LogP contribution in [-0.2, 0) is 6.54 Å². The number of guanidine groups is 1. The first kappa shape index (κ1) is 16.3. The molecule has 0 spiro atoms. The lowest BCUT2D eigenvalue weighted by atomic mass is 10.1. The van der Waals surface area contributed by atoms with Crippen molar-refractivity contribution in [1.82, 2.24) is 20.8 Å². The van der Waals surface area contributed by atoms with Crippen LogP contribution >= 0.6 is 11.6 Å². The van der Waals surface area contributed by atoms with Gasteiger partial charge in [-0.1, -0.05) is 16.8 Å². The Kier molecular flexibility index (Phi) is 5.03. The lowest BCUT2D eigenvalue weighted by Gasteiger charge is -2.23. The van der Waals surface area contributed by atoms with E-state index in [4.69, 9.17) is 16.1 Å². The summed E-state index contributed by atoms with van der Waals surface area (Å²) in [5, 5.41) is 11.0. The third-order valence-corrected chi connectivity index (χ3v) is 2.95. The molecule has 0 unspecified atom stereocenters. The Balaban J connectivity index is 1.99. The topological polar surface area (TPSA) is 75.3 Å². The van der Waals surface area contributed by atoms with E-state index in [0.717, 1.165) is 5.56 Å². The zero-order valence-electron chi connectivity index (χ0n) is 13.1. The van der Waals surface area contributed by atoms with Crippen LogP contribution in [0.5, 0.6) is 0 Å². The summed E-state index contributed by atoms with van der Waals surface area (Å²) in [7, 11) is 1.72. The molecule has 22 heavy (non-hydrogen) atoms. The Morgan fingerprint density at radius 2 is 1.95 bits per heavy atom. The van der Waals surface area contributed by atoms with E-state index < -0.39 is 0 Å². The zero-order valence-corrected chi connectivity index (χ0v) is 13.9. The number of nitrogens with one attached hydrogen (secondary N) is 2. The van der Waals surface area contributed by atoms with Crippen molar-refractivity contribution in [3.8, 4) is 11.4 Å². The minimum Gasteiger partial charge on any atom is -0.352 e. The van der Waals surface area contributed by atoms with Crippen LogP contribution in [0, 0.1) is 0 Å². The Labute approximate surface area is 135 Å². The summed E-state index contributed by atoms with van der Waals surface area (Å²) in [6.07, 6.45) is 0. The summed E-state index contributed by atoms with van der Waals surface area (Å²) in [5.41, 5.74) is 0.780. The second kappa shape index (κ2) is 6.79. The van der Waals surface area contributed by atoms with Crippen molar-refractivity contribution < 1.29 is 4.52 Å². The average Bonchev–Trinajstić information content (AvgIpc) is 2.92. The molecule has 6 nitrogen and oxygen atoms in total. The lowest BCUT2D eigenvalue weighted by molar-refractivity contribution is 0.374. The molecule has 7 heteroatoms. The number of hydrogen-bond donors (Lipinski definition) is 2. The number of rotatable bonds is 3. The number of hydrogen-bond acceptors (Lipinski definition) is 4. The molecule has 0 aliphatic heterocycles. The van der Waals surface area contributed by atoms with Crippen LogP contribution in [0.15, 0.2) is 33.8 Å². The third-order valence-electron chi connectivity index (χ3n) is 2.69. The number of nitrogens with zero attached hydrogens (tertiary/aromatic N) is 3. The first-order valence-electron chi connectivity index (χ1n) is 6.95. The van der Waals surface area contributed by atoms with Gasteiger partial charge < -0.3 is 15.2 Å². The Hall–Kier alpha value is -2.08. The van der Waals surface area contributed by atoms with Gasteiger partial charge in [-0.15, -0.1) is 0 Å². The Morgan fingerprint density at radius 1 is 1.27 bits per heavy atom. The fraction of sp³-hybridized carbons (Fsp3) is 0.400. The molecule has 0 aliphatic rings. The maximum absolute atomic E-state index is 5.86. The summed E-state index contributed by atoms with van der Waals surface area (Å²) >= 11 is 5.86. The van der Waals surface area contributed by atoms with Gasteiger partial charge in [-0.05, 0) is 45.0 Å². The van der Waals surface area contributed by atoms with Crippen molar-refractivity contribution in [2.45, 2.75) is 32.9 Å². The van der Waals surface area contributed by atoms with E-state index in [1.54, 1.807) is 19.2 Å². The Morgan fingerprint density at radius 3 is 2.55 bits per heavy atom. The molecule has 0 fully saturated rings. The van der Waals surface area contributed by atoms with Gasteiger partial charge in [0, 0.05) is 23.2 Å². The van der Waals surface area contributed by atoms with E-state index in [2.05, 4.69) is 46.5 Å². The van der Waals surface area contributed by atoms with Crippen LogP contribution in [0.1, 0.15) is 26.7 Å². The van der Waals surface area contributed by atoms with E-state index >= 15 is 0 Å². The molecule has 2 rings (SSSR count). The molecule has 2 aromatic rings. The maximum atomic E-state index is 5.86. The van der Waals surface area contributed by atoms with Crippen LogP contribution in [0.4, 0.5) is 0 Å². The molecular formula is C15H20ClN5O. The van der Waals surface area contributed by atoms with Crippen molar-refractivity contribution in [3.05, 3.63) is 35.2 Å². The molecule has 0 saturated heterocycles. The second-order valence-electron chi connectivity index (χ2n) is 5.82. The molecule has 1 aromatic carbocycles. The van der Waals surface area contributed by atoms with E-state index in [1.807, 2.05) is 12.1 Å². The number of benzene rings is 1. The first-order valence-corrected chi connectivity index (χ1v) is 7.32. The standard InChI is InChI=1S/C15H20ClN5O/c1-15(2,3)20-14(17-4)18-9-12-19-13(21-22-12)10-5-7-11(16)8-6-10/h5-8H,9H2,1-4H3,(H2,17,18,20). The smallest absolute Gasteiger partial charge is 0.246 e. The molecule has 0 aliphatic carbocycles. The summed E-state index contributed by atoms with van der Waals surface area (Å²) in [6.45, 7) is 6.58. The molecule has 1 aromatic heterocycles. The lowest BCUT2D eigenvalue weighted by Crippen LogP contribution is -2.47. The van der Waals surface area contributed by atoms with Crippen LogP contribution in [0.2, 0.25) is 5.02 Å². The largest absolute Gasteiger partial charge is 0.352 e. The van der Waals surface area contributed by atoms with Gasteiger partial charge in [0.25, 0.3) is 0 Å². The van der Waals surface area contributed by atoms with Crippen molar-refractivity contribution in [3.63, 3.8) is 0 Å². The quantitative estimate of drug-likeness (QED) is 0.671. The molecule has 0 radical (unpaired) electrons. The van der Waals surface area contributed by atoms with Crippen molar-refractivity contribution in [2.24, 2.45) is 4.99 Å². The fourth-order valence-corrected chi connectivity index (χ4v) is 1.86. The summed E-state index contributed by atoms with van der Waals surface area (Å²) in [5.74, 6) is 1.70. The highest BCUT2D eigenvalue weighted by molar-refractivity contribution is 6.30. The second-order valence-corrected chi connectivity index (χ2v) is 6.26. The molecule has 118 valence electrons. The molecule has 1 heterocycles. The van der Waals surface area contributed by atoms with Gasteiger partial charge >= 0.3 is 0 Å². The summed E-state index contributed by atoms with van der Waals surface area (Å²) in [6, 6.07) is 7.29. The summed E-state index contributed by atoms with van der Waals surface area (Å²) < 4.78 is 5.23.